The van der Waals surface area contributed by atoms with Crippen molar-refractivity contribution in [3.05, 3.63) is 77.6 Å². The molecule has 0 spiro atoms. The average molecular weight is 467 g/mol. The van der Waals surface area contributed by atoms with Crippen LogP contribution < -0.4 is 10.1 Å². The minimum atomic E-state index is -0.232. The fourth-order valence-corrected chi connectivity index (χ4v) is 3.65. The van der Waals surface area contributed by atoms with Gasteiger partial charge < -0.3 is 14.8 Å². The van der Waals surface area contributed by atoms with Gasteiger partial charge in [-0.3, -0.25) is 4.90 Å². The Balaban J connectivity index is 0.00000171. The van der Waals surface area contributed by atoms with E-state index < -0.39 is 0 Å². The number of hydrogen-bond acceptors (Lipinski definition) is 4. The third kappa shape index (κ3) is 7.06. The molecule has 3 aromatic carbocycles. The predicted octanol–water partition coefficient (Wildman–Crippen LogP) is 4.82. The van der Waals surface area contributed by atoms with E-state index >= 15 is 0 Å². The zero-order chi connectivity index (χ0) is 19.9. The molecule has 1 aliphatic rings. The molecule has 0 unspecified atom stereocenters. The van der Waals surface area contributed by atoms with Gasteiger partial charge in [0.05, 0.1) is 13.2 Å². The van der Waals surface area contributed by atoms with Gasteiger partial charge in [-0.05, 0) is 34.5 Å². The minimum absolute atomic E-state index is 0. The topological polar surface area (TPSA) is 33.7 Å². The smallest absolute Gasteiger partial charge is 0.124 e. The molecule has 0 amide bonds. The van der Waals surface area contributed by atoms with Crippen LogP contribution in [0, 0.1) is 5.82 Å². The molecule has 7 heteroatoms. The molecule has 0 atom stereocenters. The summed E-state index contributed by atoms with van der Waals surface area (Å²) in [6.45, 7) is 6.74. The summed E-state index contributed by atoms with van der Waals surface area (Å²) in [5.74, 6) is 0.636. The molecule has 1 heterocycles. The van der Waals surface area contributed by atoms with E-state index in [2.05, 4.69) is 40.5 Å². The first-order valence-electron chi connectivity index (χ1n) is 10.2. The molecule has 0 radical (unpaired) electrons. The monoisotopic (exact) mass is 466 g/mol. The molecule has 4 nitrogen and oxygen atoms in total. The molecule has 1 saturated heterocycles. The van der Waals surface area contributed by atoms with Crippen LogP contribution >= 0.6 is 24.8 Å². The highest BCUT2D eigenvalue weighted by Gasteiger charge is 2.11. The molecular formula is C24H29Cl2FN2O2. The van der Waals surface area contributed by atoms with Gasteiger partial charge in [-0.1, -0.05) is 42.5 Å². The van der Waals surface area contributed by atoms with Gasteiger partial charge in [0.15, 0.2) is 0 Å². The fraction of sp³-hybridized carbons (Fsp3) is 0.333. The summed E-state index contributed by atoms with van der Waals surface area (Å²) in [5.41, 5.74) is 2.11. The summed E-state index contributed by atoms with van der Waals surface area (Å²) < 4.78 is 24.7. The van der Waals surface area contributed by atoms with Gasteiger partial charge in [0.1, 0.15) is 18.2 Å². The van der Waals surface area contributed by atoms with E-state index in [4.69, 9.17) is 9.47 Å². The third-order valence-electron chi connectivity index (χ3n) is 5.32. The molecule has 1 fully saturated rings. The molecule has 1 aliphatic heterocycles. The molecule has 0 aromatic heterocycles. The van der Waals surface area contributed by atoms with E-state index in [1.54, 1.807) is 12.1 Å². The van der Waals surface area contributed by atoms with Gasteiger partial charge >= 0.3 is 0 Å². The lowest BCUT2D eigenvalue weighted by molar-refractivity contribution is 0.0384. The van der Waals surface area contributed by atoms with E-state index in [0.29, 0.717) is 6.61 Å². The summed E-state index contributed by atoms with van der Waals surface area (Å²) >= 11 is 0. The second kappa shape index (κ2) is 12.8. The summed E-state index contributed by atoms with van der Waals surface area (Å²) in [6, 6.07) is 18.9. The van der Waals surface area contributed by atoms with Crippen molar-refractivity contribution in [2.24, 2.45) is 0 Å². The van der Waals surface area contributed by atoms with Crippen LogP contribution in [-0.2, 0) is 17.9 Å². The fourth-order valence-electron chi connectivity index (χ4n) is 3.65. The summed E-state index contributed by atoms with van der Waals surface area (Å²) in [4.78, 5) is 2.42. The number of hydrogen-bond donors (Lipinski definition) is 1. The van der Waals surface area contributed by atoms with E-state index in [1.807, 2.05) is 6.07 Å². The number of nitrogens with one attached hydrogen (secondary N) is 1. The quantitative estimate of drug-likeness (QED) is 0.482. The Labute approximate surface area is 195 Å². The van der Waals surface area contributed by atoms with E-state index in [-0.39, 0.29) is 30.6 Å². The first-order valence-corrected chi connectivity index (χ1v) is 10.2. The maximum absolute atomic E-state index is 13.1. The lowest BCUT2D eigenvalue weighted by Gasteiger charge is -2.26. The van der Waals surface area contributed by atoms with E-state index in [9.17, 15) is 4.39 Å². The molecule has 0 bridgehead atoms. The van der Waals surface area contributed by atoms with Crippen LogP contribution in [0.4, 0.5) is 4.39 Å². The van der Waals surface area contributed by atoms with Gasteiger partial charge in [-0.15, -0.1) is 24.8 Å². The zero-order valence-electron chi connectivity index (χ0n) is 17.4. The molecule has 0 saturated carbocycles. The minimum Gasteiger partial charge on any atom is -0.489 e. The standard InChI is InChI=1S/C24H27FN2O2.2ClH/c25-21-8-5-19(6-9-21)18-29-24-10-7-20-3-1-2-4-22(20)23(24)17-26-11-12-27-13-15-28-16-14-27;;/h1-10,26H,11-18H2;2*1H. The maximum Gasteiger partial charge on any atom is 0.124 e. The molecule has 168 valence electrons. The molecule has 31 heavy (non-hydrogen) atoms. The Morgan fingerprint density at radius 1 is 0.935 bits per heavy atom. The number of benzene rings is 3. The van der Waals surface area contributed by atoms with Crippen molar-refractivity contribution in [1.29, 1.82) is 0 Å². The summed E-state index contributed by atoms with van der Waals surface area (Å²) in [5, 5.41) is 5.97. The van der Waals surface area contributed by atoms with Crippen molar-refractivity contribution in [1.82, 2.24) is 10.2 Å². The highest BCUT2D eigenvalue weighted by Crippen LogP contribution is 2.28. The maximum atomic E-state index is 13.1. The number of morpholine rings is 1. The number of fused-ring (bicyclic) bond motifs is 1. The van der Waals surface area contributed by atoms with Crippen molar-refractivity contribution in [3.63, 3.8) is 0 Å². The first-order chi connectivity index (χ1) is 14.3. The van der Waals surface area contributed by atoms with E-state index in [0.717, 1.165) is 62.8 Å². The van der Waals surface area contributed by atoms with E-state index in [1.165, 1.54) is 22.9 Å². The van der Waals surface area contributed by atoms with Gasteiger partial charge in [0.25, 0.3) is 0 Å². The van der Waals surface area contributed by atoms with Gasteiger partial charge in [-0.2, -0.15) is 0 Å². The van der Waals surface area contributed by atoms with Crippen LogP contribution in [0.15, 0.2) is 60.7 Å². The number of rotatable bonds is 8. The zero-order valence-corrected chi connectivity index (χ0v) is 19.0. The highest BCUT2D eigenvalue weighted by atomic mass is 35.5. The van der Waals surface area contributed by atoms with Crippen molar-refractivity contribution >= 4 is 35.6 Å². The molecule has 1 N–H and O–H groups in total. The SMILES string of the molecule is Cl.Cl.Fc1ccc(COc2ccc3ccccc3c2CNCCN2CCOCC2)cc1. The van der Waals surface area contributed by atoms with Crippen LogP contribution in [0.3, 0.4) is 0 Å². The average Bonchev–Trinajstić information content (AvgIpc) is 2.77. The molecule has 0 aliphatic carbocycles. The van der Waals surface area contributed by atoms with Crippen LogP contribution in [0.25, 0.3) is 10.8 Å². The molecule has 4 rings (SSSR count). The lowest BCUT2D eigenvalue weighted by atomic mass is 10.0. The Morgan fingerprint density at radius 2 is 1.68 bits per heavy atom. The molecule has 3 aromatic rings. The van der Waals surface area contributed by atoms with Crippen molar-refractivity contribution in [3.8, 4) is 5.75 Å². The largest absolute Gasteiger partial charge is 0.489 e. The van der Waals surface area contributed by atoms with Crippen LogP contribution in [-0.4, -0.2) is 44.3 Å². The van der Waals surface area contributed by atoms with Crippen molar-refractivity contribution in [2.75, 3.05) is 39.4 Å². The highest BCUT2D eigenvalue weighted by molar-refractivity contribution is 5.87. The Morgan fingerprint density at radius 3 is 2.45 bits per heavy atom. The third-order valence-corrected chi connectivity index (χ3v) is 5.32. The molecular weight excluding hydrogens is 438 g/mol. The number of nitrogens with zero attached hydrogens (tertiary/aromatic N) is 1. The Bertz CT molecular complexity index is 935. The number of ether oxygens (including phenoxy) is 2. The van der Waals surface area contributed by atoms with Gasteiger partial charge in [-0.25, -0.2) is 4.39 Å². The first kappa shape index (κ1) is 25.4. The predicted molar refractivity (Wildman–Crippen MR) is 128 cm³/mol. The Hall–Kier alpha value is -1.89. The summed E-state index contributed by atoms with van der Waals surface area (Å²) in [6.07, 6.45) is 0. The van der Waals surface area contributed by atoms with Crippen molar-refractivity contribution < 1.29 is 13.9 Å². The normalized spacial score (nSPS) is 14.0. The van der Waals surface area contributed by atoms with Crippen LogP contribution in [0.1, 0.15) is 11.1 Å². The Kier molecular flexibility index (Phi) is 10.5. The van der Waals surface area contributed by atoms with Gasteiger partial charge in [0.2, 0.25) is 0 Å². The van der Waals surface area contributed by atoms with Crippen LogP contribution in [0.2, 0.25) is 0 Å². The number of halogens is 3. The van der Waals surface area contributed by atoms with Crippen LogP contribution in [0.5, 0.6) is 5.75 Å². The summed E-state index contributed by atoms with van der Waals surface area (Å²) in [7, 11) is 0. The lowest BCUT2D eigenvalue weighted by Crippen LogP contribution is -2.40. The van der Waals surface area contributed by atoms with Gasteiger partial charge in [0, 0.05) is 38.3 Å². The van der Waals surface area contributed by atoms with Crippen molar-refractivity contribution in [2.45, 2.75) is 13.2 Å². The second-order valence-electron chi connectivity index (χ2n) is 7.31. The second-order valence-corrected chi connectivity index (χ2v) is 7.31.